The van der Waals surface area contributed by atoms with E-state index in [-0.39, 0.29) is 36.0 Å². The van der Waals surface area contributed by atoms with Gasteiger partial charge >= 0.3 is 0 Å². The summed E-state index contributed by atoms with van der Waals surface area (Å²) in [6, 6.07) is 8.26. The Morgan fingerprint density at radius 3 is 2.78 bits per heavy atom. The van der Waals surface area contributed by atoms with Crippen molar-refractivity contribution in [1.82, 2.24) is 15.5 Å². The minimum atomic E-state index is -0.325. The van der Waals surface area contributed by atoms with Gasteiger partial charge in [-0.2, -0.15) is 0 Å². The van der Waals surface area contributed by atoms with Crippen LogP contribution in [0, 0.1) is 0 Å². The van der Waals surface area contributed by atoms with Gasteiger partial charge in [-0.05, 0) is 24.5 Å². The van der Waals surface area contributed by atoms with Crippen LogP contribution in [0.25, 0.3) is 0 Å². The van der Waals surface area contributed by atoms with E-state index in [1.54, 1.807) is 0 Å². The predicted molar refractivity (Wildman–Crippen MR) is 100 cm³/mol. The van der Waals surface area contributed by atoms with E-state index in [0.29, 0.717) is 19.6 Å². The lowest BCUT2D eigenvalue weighted by Crippen LogP contribution is -2.63. The Balaban J connectivity index is 1.27. The van der Waals surface area contributed by atoms with Gasteiger partial charge in [0.2, 0.25) is 11.8 Å². The van der Waals surface area contributed by atoms with Gasteiger partial charge < -0.3 is 15.0 Å². The molecule has 0 aromatic heterocycles. The molecule has 144 valence electrons. The van der Waals surface area contributed by atoms with Gasteiger partial charge in [-0.25, -0.2) is 0 Å². The van der Waals surface area contributed by atoms with E-state index in [4.69, 9.17) is 4.74 Å². The van der Waals surface area contributed by atoms with Crippen LogP contribution < -0.4 is 15.5 Å². The predicted octanol–water partition coefficient (Wildman–Crippen LogP) is 0.549. The molecule has 1 aromatic rings. The van der Waals surface area contributed by atoms with E-state index in [2.05, 4.69) is 27.7 Å². The number of benzene rings is 1. The van der Waals surface area contributed by atoms with Crippen molar-refractivity contribution in [2.24, 2.45) is 0 Å². The zero-order valence-electron chi connectivity index (χ0n) is 15.4. The molecule has 2 unspecified atom stereocenters. The van der Waals surface area contributed by atoms with Crippen molar-refractivity contribution in [3.05, 3.63) is 29.8 Å². The number of nitrogens with one attached hydrogen (secondary N) is 2. The topological polar surface area (TPSA) is 73.9 Å². The fourth-order valence-corrected chi connectivity index (χ4v) is 4.71. The maximum atomic E-state index is 13.1. The lowest BCUT2D eigenvalue weighted by Gasteiger charge is -2.40. The number of carbonyl (C=O) groups is 2. The van der Waals surface area contributed by atoms with E-state index in [9.17, 15) is 9.59 Å². The van der Waals surface area contributed by atoms with Gasteiger partial charge in [0, 0.05) is 30.7 Å². The van der Waals surface area contributed by atoms with Crippen LogP contribution in [0.2, 0.25) is 0 Å². The number of morpholine rings is 1. The Morgan fingerprint density at radius 2 is 2.00 bits per heavy atom. The van der Waals surface area contributed by atoms with Crippen LogP contribution in [0.15, 0.2) is 24.3 Å². The number of hydrogen-bond donors (Lipinski definition) is 2. The highest BCUT2D eigenvalue weighted by Crippen LogP contribution is 2.56. The fourth-order valence-electron chi connectivity index (χ4n) is 4.71. The third-order valence-electron chi connectivity index (χ3n) is 6.35. The highest BCUT2D eigenvalue weighted by Gasteiger charge is 2.52. The number of fused-ring (bicyclic) bond motifs is 2. The van der Waals surface area contributed by atoms with Crippen LogP contribution in [0.4, 0.5) is 5.69 Å². The molecule has 1 spiro atoms. The summed E-state index contributed by atoms with van der Waals surface area (Å²) in [4.78, 5) is 29.5. The first kappa shape index (κ1) is 17.2. The first-order valence-corrected chi connectivity index (χ1v) is 9.92. The lowest BCUT2D eigenvalue weighted by molar-refractivity contribution is -0.128. The average molecular weight is 370 g/mol. The lowest BCUT2D eigenvalue weighted by atomic mass is 9.99. The fraction of sp³-hybridized carbons (Fsp3) is 0.600. The van der Waals surface area contributed by atoms with Gasteiger partial charge in [0.1, 0.15) is 0 Å². The number of nitrogens with zero attached hydrogens (tertiary/aromatic N) is 2. The number of ether oxygens (including phenoxy) is 1. The Hall–Kier alpha value is -1.96. The van der Waals surface area contributed by atoms with Gasteiger partial charge in [-0.3, -0.25) is 19.8 Å². The molecule has 1 aromatic carbocycles. The molecule has 3 fully saturated rings. The summed E-state index contributed by atoms with van der Waals surface area (Å²) >= 11 is 0. The van der Waals surface area contributed by atoms with Crippen LogP contribution in [0.3, 0.4) is 0 Å². The first-order chi connectivity index (χ1) is 13.1. The average Bonchev–Trinajstić information content (AvgIpc) is 3.39. The second-order valence-corrected chi connectivity index (χ2v) is 8.14. The van der Waals surface area contributed by atoms with Crippen LogP contribution in [0.1, 0.15) is 31.2 Å². The molecule has 2 atom stereocenters. The molecule has 0 radical (unpaired) electrons. The van der Waals surface area contributed by atoms with Crippen molar-refractivity contribution in [3.63, 3.8) is 0 Å². The monoisotopic (exact) mass is 370 g/mol. The Labute approximate surface area is 159 Å². The molecule has 27 heavy (non-hydrogen) atoms. The zero-order valence-corrected chi connectivity index (χ0v) is 15.4. The molecule has 3 aliphatic heterocycles. The molecule has 1 aliphatic carbocycles. The van der Waals surface area contributed by atoms with E-state index in [0.717, 1.165) is 38.2 Å². The molecule has 7 heteroatoms. The van der Waals surface area contributed by atoms with Crippen LogP contribution in [-0.2, 0) is 19.7 Å². The first-order valence-electron chi connectivity index (χ1n) is 9.92. The van der Waals surface area contributed by atoms with Gasteiger partial charge in [-0.15, -0.1) is 0 Å². The normalized spacial score (nSPS) is 29.5. The molecule has 2 saturated heterocycles. The van der Waals surface area contributed by atoms with Crippen molar-refractivity contribution >= 4 is 17.5 Å². The van der Waals surface area contributed by atoms with E-state index < -0.39 is 0 Å². The second kappa shape index (κ2) is 6.58. The largest absolute Gasteiger partial charge is 0.379 e. The van der Waals surface area contributed by atoms with Crippen LogP contribution >= 0.6 is 0 Å². The van der Waals surface area contributed by atoms with Gasteiger partial charge in [0.25, 0.3) is 0 Å². The molecular formula is C20H26N4O3. The smallest absolute Gasteiger partial charge is 0.230 e. The minimum absolute atomic E-state index is 0.00327. The summed E-state index contributed by atoms with van der Waals surface area (Å²) in [5.41, 5.74) is 2.54. The number of rotatable bonds is 3. The Kier molecular flexibility index (Phi) is 4.18. The summed E-state index contributed by atoms with van der Waals surface area (Å²) in [6.45, 7) is 3.78. The number of hydrogen-bond acceptors (Lipinski definition) is 5. The SMILES string of the molecule is O=C1CC(N2CCOCC2)NC(CC(=O)N2CC3(CC3)c3ccccc32)N1. The third-order valence-corrected chi connectivity index (χ3v) is 6.35. The van der Waals surface area contributed by atoms with Gasteiger partial charge in [-0.1, -0.05) is 18.2 Å². The standard InChI is InChI=1S/C20H26N4O3/c25-18-12-17(23-7-9-27-10-8-23)21-16(22-18)11-19(26)24-13-20(5-6-20)14-3-1-2-4-15(14)24/h1-4,16-17,21H,5-13H2,(H,22,25). The maximum Gasteiger partial charge on any atom is 0.230 e. The van der Waals surface area contributed by atoms with Crippen LogP contribution in [-0.4, -0.2) is 61.9 Å². The van der Waals surface area contributed by atoms with Crippen molar-refractivity contribution in [2.45, 2.75) is 43.4 Å². The summed E-state index contributed by atoms with van der Waals surface area (Å²) < 4.78 is 5.40. The van der Waals surface area contributed by atoms with Crippen molar-refractivity contribution < 1.29 is 14.3 Å². The molecule has 3 heterocycles. The highest BCUT2D eigenvalue weighted by atomic mass is 16.5. The number of carbonyl (C=O) groups excluding carboxylic acids is 2. The second-order valence-electron chi connectivity index (χ2n) is 8.14. The zero-order chi connectivity index (χ0) is 18.4. The Bertz CT molecular complexity index is 757. The molecule has 0 bridgehead atoms. The van der Waals surface area contributed by atoms with E-state index >= 15 is 0 Å². The summed E-state index contributed by atoms with van der Waals surface area (Å²) in [5.74, 6) is 0.0789. The van der Waals surface area contributed by atoms with E-state index in [1.807, 2.05) is 17.0 Å². The molecule has 4 aliphatic rings. The molecule has 5 rings (SSSR count). The van der Waals surface area contributed by atoms with Crippen LogP contribution in [0.5, 0.6) is 0 Å². The van der Waals surface area contributed by atoms with Crippen molar-refractivity contribution in [1.29, 1.82) is 0 Å². The minimum Gasteiger partial charge on any atom is -0.379 e. The third kappa shape index (κ3) is 3.13. The quantitative estimate of drug-likeness (QED) is 0.813. The molecular weight excluding hydrogens is 344 g/mol. The molecule has 1 saturated carbocycles. The Morgan fingerprint density at radius 1 is 1.22 bits per heavy atom. The summed E-state index contributed by atoms with van der Waals surface area (Å²) in [5, 5.41) is 6.40. The maximum absolute atomic E-state index is 13.1. The van der Waals surface area contributed by atoms with Crippen molar-refractivity contribution in [2.75, 3.05) is 37.7 Å². The molecule has 2 N–H and O–H groups in total. The molecule has 2 amide bonds. The number of para-hydroxylation sites is 1. The van der Waals surface area contributed by atoms with Gasteiger partial charge in [0.15, 0.2) is 0 Å². The highest BCUT2D eigenvalue weighted by molar-refractivity contribution is 5.97. The number of anilines is 1. The van der Waals surface area contributed by atoms with E-state index in [1.165, 1.54) is 5.56 Å². The number of amides is 2. The summed E-state index contributed by atoms with van der Waals surface area (Å²) in [7, 11) is 0. The van der Waals surface area contributed by atoms with Gasteiger partial charge in [0.05, 0.1) is 38.4 Å². The van der Waals surface area contributed by atoms with Crippen molar-refractivity contribution in [3.8, 4) is 0 Å². The molecule has 7 nitrogen and oxygen atoms in total. The summed E-state index contributed by atoms with van der Waals surface area (Å²) in [6.07, 6.45) is 2.66.